The Balaban J connectivity index is 2.52. The molecule has 0 saturated heterocycles. The van der Waals surface area contributed by atoms with Gasteiger partial charge in [-0.25, -0.2) is 0 Å². The molecular formula is C9H14N2S. The Morgan fingerprint density at radius 3 is 2.75 bits per heavy atom. The summed E-state index contributed by atoms with van der Waals surface area (Å²) in [4.78, 5) is 1.16. The van der Waals surface area contributed by atoms with Crippen LogP contribution in [0.3, 0.4) is 0 Å². The molecule has 0 saturated carbocycles. The van der Waals surface area contributed by atoms with E-state index in [1.807, 2.05) is 24.3 Å². The lowest BCUT2D eigenvalue weighted by Crippen LogP contribution is -2.13. The van der Waals surface area contributed by atoms with Crippen molar-refractivity contribution < 1.29 is 0 Å². The molecule has 12 heavy (non-hydrogen) atoms. The molecule has 0 amide bonds. The number of anilines is 1. The molecule has 0 atom stereocenters. The standard InChI is InChI=1S/C9H14N2S/c1-7(2)11-12-9-5-3-4-8(10)6-9/h3-7,11H,10H2,1-2H3. The fourth-order valence-corrected chi connectivity index (χ4v) is 1.48. The Bertz CT molecular complexity index is 248. The molecule has 0 bridgehead atoms. The van der Waals surface area contributed by atoms with Crippen molar-refractivity contribution in [3.63, 3.8) is 0 Å². The van der Waals surface area contributed by atoms with Gasteiger partial charge in [-0.05, 0) is 44.0 Å². The number of nitrogens with one attached hydrogen (secondary N) is 1. The maximum atomic E-state index is 5.62. The predicted molar refractivity (Wildman–Crippen MR) is 55.0 cm³/mol. The van der Waals surface area contributed by atoms with Gasteiger partial charge >= 0.3 is 0 Å². The topological polar surface area (TPSA) is 38.0 Å². The van der Waals surface area contributed by atoms with Crippen LogP contribution in [0.1, 0.15) is 13.8 Å². The second-order valence-electron chi connectivity index (χ2n) is 2.95. The zero-order chi connectivity index (χ0) is 8.97. The van der Waals surface area contributed by atoms with Crippen molar-refractivity contribution in [1.82, 2.24) is 4.72 Å². The van der Waals surface area contributed by atoms with E-state index in [9.17, 15) is 0 Å². The van der Waals surface area contributed by atoms with Crippen molar-refractivity contribution in [1.29, 1.82) is 0 Å². The van der Waals surface area contributed by atoms with Gasteiger partial charge in [-0.3, -0.25) is 4.72 Å². The molecule has 0 aliphatic carbocycles. The Morgan fingerprint density at radius 2 is 2.17 bits per heavy atom. The van der Waals surface area contributed by atoms with Crippen molar-refractivity contribution in [2.45, 2.75) is 24.8 Å². The second kappa shape index (κ2) is 4.38. The first-order valence-corrected chi connectivity index (χ1v) is 4.78. The van der Waals surface area contributed by atoms with Crippen LogP contribution < -0.4 is 10.5 Å². The fourth-order valence-electron chi connectivity index (χ4n) is 0.764. The summed E-state index contributed by atoms with van der Waals surface area (Å²) in [7, 11) is 0. The monoisotopic (exact) mass is 182 g/mol. The molecule has 0 aromatic heterocycles. The van der Waals surface area contributed by atoms with Crippen LogP contribution in [0.4, 0.5) is 5.69 Å². The highest BCUT2D eigenvalue weighted by Gasteiger charge is 1.95. The van der Waals surface area contributed by atoms with E-state index in [1.54, 1.807) is 11.9 Å². The van der Waals surface area contributed by atoms with E-state index in [0.29, 0.717) is 6.04 Å². The van der Waals surface area contributed by atoms with Crippen LogP contribution in [0.5, 0.6) is 0 Å². The molecule has 66 valence electrons. The van der Waals surface area contributed by atoms with Gasteiger partial charge in [0.1, 0.15) is 0 Å². The molecule has 0 aliphatic heterocycles. The highest BCUT2D eigenvalue weighted by molar-refractivity contribution is 7.97. The lowest BCUT2D eigenvalue weighted by atomic mass is 10.3. The average molecular weight is 182 g/mol. The summed E-state index contributed by atoms with van der Waals surface area (Å²) >= 11 is 1.61. The van der Waals surface area contributed by atoms with E-state index in [2.05, 4.69) is 18.6 Å². The molecule has 0 heterocycles. The summed E-state index contributed by atoms with van der Waals surface area (Å²) in [5.74, 6) is 0. The quantitative estimate of drug-likeness (QED) is 0.556. The number of nitrogen functional groups attached to an aromatic ring is 1. The second-order valence-corrected chi connectivity index (χ2v) is 3.86. The summed E-state index contributed by atoms with van der Waals surface area (Å²) in [6.45, 7) is 4.22. The highest BCUT2D eigenvalue weighted by Crippen LogP contribution is 2.17. The first-order valence-electron chi connectivity index (χ1n) is 3.96. The first kappa shape index (κ1) is 9.42. The van der Waals surface area contributed by atoms with Gasteiger partial charge < -0.3 is 5.73 Å². The Kier molecular flexibility index (Phi) is 3.44. The van der Waals surface area contributed by atoms with E-state index in [-0.39, 0.29) is 0 Å². The minimum atomic E-state index is 0.483. The van der Waals surface area contributed by atoms with E-state index >= 15 is 0 Å². The fraction of sp³-hybridized carbons (Fsp3) is 0.333. The third-order valence-electron chi connectivity index (χ3n) is 1.27. The van der Waals surface area contributed by atoms with Gasteiger partial charge in [0.25, 0.3) is 0 Å². The van der Waals surface area contributed by atoms with E-state index < -0.39 is 0 Å². The Morgan fingerprint density at radius 1 is 1.42 bits per heavy atom. The minimum Gasteiger partial charge on any atom is -0.399 e. The summed E-state index contributed by atoms with van der Waals surface area (Å²) in [5, 5.41) is 0. The molecular weight excluding hydrogens is 168 g/mol. The number of hydrogen-bond donors (Lipinski definition) is 2. The summed E-state index contributed by atoms with van der Waals surface area (Å²) < 4.78 is 3.25. The molecule has 3 heteroatoms. The smallest absolute Gasteiger partial charge is 0.0325 e. The molecule has 1 aromatic carbocycles. The van der Waals surface area contributed by atoms with Crippen LogP contribution in [0.2, 0.25) is 0 Å². The van der Waals surface area contributed by atoms with Gasteiger partial charge in [0.05, 0.1) is 0 Å². The van der Waals surface area contributed by atoms with Crippen molar-refractivity contribution in [3.05, 3.63) is 24.3 Å². The van der Waals surface area contributed by atoms with E-state index in [0.717, 1.165) is 10.6 Å². The zero-order valence-corrected chi connectivity index (χ0v) is 8.19. The average Bonchev–Trinajstić information content (AvgIpc) is 2.01. The van der Waals surface area contributed by atoms with Crippen molar-refractivity contribution in [2.24, 2.45) is 0 Å². The summed E-state index contributed by atoms with van der Waals surface area (Å²) in [6.07, 6.45) is 0. The minimum absolute atomic E-state index is 0.483. The van der Waals surface area contributed by atoms with E-state index in [4.69, 9.17) is 5.73 Å². The molecule has 0 aliphatic rings. The van der Waals surface area contributed by atoms with Crippen LogP contribution >= 0.6 is 11.9 Å². The summed E-state index contributed by atoms with van der Waals surface area (Å²) in [5.41, 5.74) is 6.43. The van der Waals surface area contributed by atoms with Gasteiger partial charge in [0, 0.05) is 16.6 Å². The van der Waals surface area contributed by atoms with Crippen molar-refractivity contribution in [3.8, 4) is 0 Å². The molecule has 1 aromatic rings. The third-order valence-corrected chi connectivity index (χ3v) is 2.35. The molecule has 3 N–H and O–H groups in total. The van der Waals surface area contributed by atoms with Gasteiger partial charge in [-0.15, -0.1) is 0 Å². The summed E-state index contributed by atoms with van der Waals surface area (Å²) in [6, 6.07) is 8.33. The van der Waals surface area contributed by atoms with Crippen LogP contribution in [0.25, 0.3) is 0 Å². The van der Waals surface area contributed by atoms with Crippen molar-refractivity contribution in [2.75, 3.05) is 5.73 Å². The lowest BCUT2D eigenvalue weighted by Gasteiger charge is -2.06. The maximum Gasteiger partial charge on any atom is 0.0325 e. The van der Waals surface area contributed by atoms with Gasteiger partial charge in [0.2, 0.25) is 0 Å². The Labute approximate surface area is 77.7 Å². The third kappa shape index (κ3) is 3.15. The predicted octanol–water partition coefficient (Wildman–Crippen LogP) is 2.27. The molecule has 0 fully saturated rings. The van der Waals surface area contributed by atoms with Crippen LogP contribution in [-0.2, 0) is 0 Å². The zero-order valence-electron chi connectivity index (χ0n) is 7.37. The number of hydrogen-bond acceptors (Lipinski definition) is 3. The SMILES string of the molecule is CC(C)NSc1cccc(N)c1. The molecule has 0 spiro atoms. The normalized spacial score (nSPS) is 10.6. The van der Waals surface area contributed by atoms with Crippen LogP contribution in [-0.4, -0.2) is 6.04 Å². The highest BCUT2D eigenvalue weighted by atomic mass is 32.2. The first-order chi connectivity index (χ1) is 5.68. The molecule has 0 unspecified atom stereocenters. The lowest BCUT2D eigenvalue weighted by molar-refractivity contribution is 0.771. The molecule has 0 radical (unpaired) electrons. The Hall–Kier alpha value is -0.670. The van der Waals surface area contributed by atoms with Gasteiger partial charge in [-0.2, -0.15) is 0 Å². The van der Waals surface area contributed by atoms with Crippen LogP contribution in [0.15, 0.2) is 29.2 Å². The number of rotatable bonds is 3. The molecule has 2 nitrogen and oxygen atoms in total. The number of benzene rings is 1. The van der Waals surface area contributed by atoms with Crippen molar-refractivity contribution >= 4 is 17.6 Å². The van der Waals surface area contributed by atoms with Crippen LogP contribution in [0, 0.1) is 0 Å². The van der Waals surface area contributed by atoms with Gasteiger partial charge in [0.15, 0.2) is 0 Å². The maximum absolute atomic E-state index is 5.62. The largest absolute Gasteiger partial charge is 0.399 e. The molecule has 1 rings (SSSR count). The van der Waals surface area contributed by atoms with Gasteiger partial charge in [-0.1, -0.05) is 6.07 Å². The number of nitrogens with two attached hydrogens (primary N) is 1. The van der Waals surface area contributed by atoms with E-state index in [1.165, 1.54) is 0 Å².